The van der Waals surface area contributed by atoms with Crippen molar-refractivity contribution in [3.05, 3.63) is 12.4 Å². The van der Waals surface area contributed by atoms with Gasteiger partial charge in [-0.2, -0.15) is 0 Å². The van der Waals surface area contributed by atoms with Gasteiger partial charge >= 0.3 is 0 Å². The summed E-state index contributed by atoms with van der Waals surface area (Å²) in [5.41, 5.74) is -0.302. The average molecular weight is 170 g/mol. The van der Waals surface area contributed by atoms with E-state index in [0.29, 0.717) is 6.54 Å². The molecule has 1 rings (SSSR count). The van der Waals surface area contributed by atoms with E-state index in [4.69, 9.17) is 0 Å². The Labute approximate surface area is 74.2 Å². The molecular weight excluding hydrogens is 152 g/mol. The number of carbonyl (C=O) groups is 1. The van der Waals surface area contributed by atoms with E-state index in [1.165, 1.54) is 0 Å². The molecule has 0 saturated heterocycles. The monoisotopic (exact) mass is 170 g/mol. The average Bonchev–Trinajstić information content (AvgIpc) is 2.19. The highest BCUT2D eigenvalue weighted by atomic mass is 16.2. The molecule has 3 heteroatoms. The molecule has 0 spiro atoms. The van der Waals surface area contributed by atoms with Crippen LogP contribution in [0.4, 0.5) is 0 Å². The second kappa shape index (κ2) is 4.80. The van der Waals surface area contributed by atoms with Gasteiger partial charge in [0, 0.05) is 18.9 Å². The highest BCUT2D eigenvalue weighted by Gasteiger charge is 2.27. The van der Waals surface area contributed by atoms with Gasteiger partial charge in [-0.3, -0.25) is 4.79 Å². The minimum absolute atomic E-state index is 0.0637. The lowest BCUT2D eigenvalue weighted by Crippen LogP contribution is -2.37. The van der Waals surface area contributed by atoms with Gasteiger partial charge in [0.05, 0.1) is 5.41 Å². The van der Waals surface area contributed by atoms with E-state index < -0.39 is 0 Å². The van der Waals surface area contributed by atoms with E-state index in [2.05, 4.69) is 10.6 Å². The van der Waals surface area contributed by atoms with E-state index in [9.17, 15) is 4.79 Å². The van der Waals surface area contributed by atoms with E-state index in [1.54, 1.807) is 12.4 Å². The SMILES string of the molecule is CC.CC1(C)CNC=CNC1=O. The Bertz CT molecular complexity index is 173. The third-order valence-corrected chi connectivity index (χ3v) is 1.57. The maximum absolute atomic E-state index is 11.1. The summed E-state index contributed by atoms with van der Waals surface area (Å²) in [6, 6.07) is 0. The molecule has 0 aromatic rings. The number of hydrogen-bond donors (Lipinski definition) is 2. The molecule has 70 valence electrons. The van der Waals surface area contributed by atoms with Crippen LogP contribution < -0.4 is 10.6 Å². The second-order valence-corrected chi connectivity index (χ2v) is 3.07. The smallest absolute Gasteiger partial charge is 0.231 e. The van der Waals surface area contributed by atoms with Gasteiger partial charge in [0.25, 0.3) is 0 Å². The minimum atomic E-state index is -0.302. The van der Waals surface area contributed by atoms with Crippen LogP contribution in [0.2, 0.25) is 0 Å². The second-order valence-electron chi connectivity index (χ2n) is 3.07. The van der Waals surface area contributed by atoms with Crippen molar-refractivity contribution in [3.63, 3.8) is 0 Å². The first kappa shape index (κ1) is 11.0. The fraction of sp³-hybridized carbons (Fsp3) is 0.667. The third kappa shape index (κ3) is 2.95. The lowest BCUT2D eigenvalue weighted by atomic mass is 9.93. The van der Waals surface area contributed by atoms with Crippen molar-refractivity contribution in [2.24, 2.45) is 5.41 Å². The van der Waals surface area contributed by atoms with E-state index in [0.717, 1.165) is 0 Å². The van der Waals surface area contributed by atoms with Crippen LogP contribution in [0.3, 0.4) is 0 Å². The Kier molecular flexibility index (Phi) is 4.40. The predicted octanol–water partition coefficient (Wildman–Crippen LogP) is 1.23. The van der Waals surface area contributed by atoms with Gasteiger partial charge in [0.2, 0.25) is 5.91 Å². The van der Waals surface area contributed by atoms with Crippen LogP contribution in [0.25, 0.3) is 0 Å². The molecule has 1 aliphatic heterocycles. The zero-order chi connectivity index (χ0) is 9.61. The van der Waals surface area contributed by atoms with Gasteiger partial charge in [-0.25, -0.2) is 0 Å². The Hall–Kier alpha value is -0.990. The molecule has 0 aliphatic carbocycles. The molecule has 0 bridgehead atoms. The Balaban J connectivity index is 0.000000561. The molecule has 12 heavy (non-hydrogen) atoms. The zero-order valence-corrected chi connectivity index (χ0v) is 8.27. The van der Waals surface area contributed by atoms with Gasteiger partial charge in [-0.05, 0) is 13.8 Å². The highest BCUT2D eigenvalue weighted by molar-refractivity contribution is 5.83. The first-order valence-corrected chi connectivity index (χ1v) is 4.32. The first-order valence-electron chi connectivity index (χ1n) is 4.32. The quantitative estimate of drug-likeness (QED) is 0.574. The molecule has 1 amide bonds. The maximum atomic E-state index is 11.1. The lowest BCUT2D eigenvalue weighted by Gasteiger charge is -2.19. The number of rotatable bonds is 0. The van der Waals surface area contributed by atoms with Gasteiger partial charge in [0.1, 0.15) is 0 Å². The van der Waals surface area contributed by atoms with Crippen LogP contribution in [0.15, 0.2) is 12.4 Å². The molecule has 0 fully saturated rings. The summed E-state index contributed by atoms with van der Waals surface area (Å²) in [6.07, 6.45) is 3.36. The van der Waals surface area contributed by atoms with Crippen molar-refractivity contribution in [1.29, 1.82) is 0 Å². The summed E-state index contributed by atoms with van der Waals surface area (Å²) in [5.74, 6) is 0.0637. The van der Waals surface area contributed by atoms with Gasteiger partial charge in [-0.15, -0.1) is 0 Å². The molecule has 1 heterocycles. The number of nitrogens with one attached hydrogen (secondary N) is 2. The molecule has 0 radical (unpaired) electrons. The van der Waals surface area contributed by atoms with Crippen LogP contribution in [-0.4, -0.2) is 12.5 Å². The van der Waals surface area contributed by atoms with Crippen LogP contribution >= 0.6 is 0 Å². The lowest BCUT2D eigenvalue weighted by molar-refractivity contribution is -0.127. The summed E-state index contributed by atoms with van der Waals surface area (Å²) < 4.78 is 0. The number of amides is 1. The molecule has 0 aromatic heterocycles. The summed E-state index contributed by atoms with van der Waals surface area (Å²) >= 11 is 0. The van der Waals surface area contributed by atoms with Crippen molar-refractivity contribution >= 4 is 5.91 Å². The topological polar surface area (TPSA) is 41.1 Å². The molecule has 0 aromatic carbocycles. The summed E-state index contributed by atoms with van der Waals surface area (Å²) in [6.45, 7) is 8.50. The first-order chi connectivity index (χ1) is 5.63. The highest BCUT2D eigenvalue weighted by Crippen LogP contribution is 2.14. The van der Waals surface area contributed by atoms with Crippen LogP contribution in [0, 0.1) is 5.41 Å². The van der Waals surface area contributed by atoms with Crippen molar-refractivity contribution in [1.82, 2.24) is 10.6 Å². The normalized spacial score (nSPS) is 19.5. The molecule has 3 nitrogen and oxygen atoms in total. The van der Waals surface area contributed by atoms with Crippen molar-refractivity contribution in [2.75, 3.05) is 6.54 Å². The minimum Gasteiger partial charge on any atom is -0.389 e. The Morgan fingerprint density at radius 3 is 2.50 bits per heavy atom. The molecule has 2 N–H and O–H groups in total. The summed E-state index contributed by atoms with van der Waals surface area (Å²) in [7, 11) is 0. The molecule has 0 saturated carbocycles. The summed E-state index contributed by atoms with van der Waals surface area (Å²) in [4.78, 5) is 11.1. The maximum Gasteiger partial charge on any atom is 0.231 e. The predicted molar refractivity (Wildman–Crippen MR) is 50.4 cm³/mol. The molecule has 0 unspecified atom stereocenters. The fourth-order valence-corrected chi connectivity index (χ4v) is 0.766. The fourth-order valence-electron chi connectivity index (χ4n) is 0.766. The van der Waals surface area contributed by atoms with Crippen LogP contribution in [0.5, 0.6) is 0 Å². The van der Waals surface area contributed by atoms with Crippen molar-refractivity contribution < 1.29 is 4.79 Å². The zero-order valence-electron chi connectivity index (χ0n) is 8.27. The van der Waals surface area contributed by atoms with E-state index in [-0.39, 0.29) is 11.3 Å². The van der Waals surface area contributed by atoms with Gasteiger partial charge in [-0.1, -0.05) is 13.8 Å². The Morgan fingerprint density at radius 1 is 1.33 bits per heavy atom. The number of hydrogen-bond acceptors (Lipinski definition) is 2. The molecule has 1 aliphatic rings. The van der Waals surface area contributed by atoms with Crippen LogP contribution in [-0.2, 0) is 4.79 Å². The van der Waals surface area contributed by atoms with E-state index in [1.807, 2.05) is 27.7 Å². The van der Waals surface area contributed by atoms with Crippen LogP contribution in [0.1, 0.15) is 27.7 Å². The van der Waals surface area contributed by atoms with Crippen molar-refractivity contribution in [3.8, 4) is 0 Å². The van der Waals surface area contributed by atoms with Gasteiger partial charge < -0.3 is 10.6 Å². The van der Waals surface area contributed by atoms with Gasteiger partial charge in [0.15, 0.2) is 0 Å². The standard InChI is InChI=1S/C7H12N2O.C2H6/c1-7(2)5-8-3-4-9-6(7)10;1-2/h3-4,8H,5H2,1-2H3,(H,9,10);1-2H3. The largest absolute Gasteiger partial charge is 0.389 e. The van der Waals surface area contributed by atoms with E-state index >= 15 is 0 Å². The third-order valence-electron chi connectivity index (χ3n) is 1.57. The summed E-state index contributed by atoms with van der Waals surface area (Å²) in [5, 5.41) is 5.66. The molecule has 0 atom stereocenters. The molecular formula is C9H18N2O. The Morgan fingerprint density at radius 2 is 1.92 bits per heavy atom. The van der Waals surface area contributed by atoms with Crippen molar-refractivity contribution in [2.45, 2.75) is 27.7 Å². The number of carbonyl (C=O) groups excluding carboxylic acids is 1.